The van der Waals surface area contributed by atoms with Crippen molar-refractivity contribution in [2.75, 3.05) is 19.1 Å². The van der Waals surface area contributed by atoms with Gasteiger partial charge in [0.15, 0.2) is 0 Å². The molecule has 27 heavy (non-hydrogen) atoms. The number of aromatic carboxylic acids is 1. The highest BCUT2D eigenvalue weighted by Crippen LogP contribution is 2.37. The van der Waals surface area contributed by atoms with Gasteiger partial charge in [0.1, 0.15) is 5.70 Å². The summed E-state index contributed by atoms with van der Waals surface area (Å²) in [5.41, 5.74) is 1.33. The zero-order valence-electron chi connectivity index (χ0n) is 15.2. The van der Waals surface area contributed by atoms with E-state index in [2.05, 4.69) is 15.9 Å². The molecule has 0 atom stereocenters. The fourth-order valence-electron chi connectivity index (χ4n) is 2.80. The number of methoxy groups -OCH3 is 2. The van der Waals surface area contributed by atoms with Gasteiger partial charge in [-0.05, 0) is 53.1 Å². The molecule has 7 nitrogen and oxygen atoms in total. The summed E-state index contributed by atoms with van der Waals surface area (Å²) < 4.78 is 9.99. The first kappa shape index (κ1) is 20.4. The lowest BCUT2D eigenvalue weighted by Crippen LogP contribution is -2.29. The van der Waals surface area contributed by atoms with Gasteiger partial charge in [-0.2, -0.15) is 0 Å². The molecule has 1 aliphatic heterocycles. The Labute approximate surface area is 164 Å². The summed E-state index contributed by atoms with van der Waals surface area (Å²) in [7, 11) is 2.37. The van der Waals surface area contributed by atoms with E-state index < -0.39 is 17.9 Å². The van der Waals surface area contributed by atoms with Crippen molar-refractivity contribution in [3.63, 3.8) is 0 Å². The van der Waals surface area contributed by atoms with Crippen LogP contribution in [0.2, 0.25) is 0 Å². The fraction of sp³-hybridized carbons (Fsp3) is 0.211. The van der Waals surface area contributed by atoms with Gasteiger partial charge in [-0.25, -0.2) is 14.4 Å². The summed E-state index contributed by atoms with van der Waals surface area (Å²) in [4.78, 5) is 38.1. The van der Waals surface area contributed by atoms with E-state index in [0.717, 1.165) is 5.56 Å². The Morgan fingerprint density at radius 3 is 2.22 bits per heavy atom. The zero-order valence-corrected chi connectivity index (χ0v) is 16.8. The standard InChI is InChI=1S/C19H18BrNO6/c1-10-9-11(2)15(13(14(10)20)17(22)23)21-8-6-5-7-12(18(24)26-3)16(21)19(25)27-4/h5-9H,1-4H3,(H,22,23). The second-order valence-corrected chi connectivity index (χ2v) is 6.46. The maximum Gasteiger partial charge on any atom is 0.355 e. The molecule has 0 fully saturated rings. The minimum absolute atomic E-state index is 0.0373. The molecule has 1 aromatic rings. The normalized spacial score (nSPS) is 13.4. The van der Waals surface area contributed by atoms with Crippen LogP contribution in [0, 0.1) is 13.8 Å². The van der Waals surface area contributed by atoms with Crippen LogP contribution in [-0.4, -0.2) is 37.2 Å². The third-order valence-corrected chi connectivity index (χ3v) is 4.97. The molecule has 0 spiro atoms. The highest BCUT2D eigenvalue weighted by molar-refractivity contribution is 9.10. The van der Waals surface area contributed by atoms with Gasteiger partial charge in [0.2, 0.25) is 0 Å². The van der Waals surface area contributed by atoms with Gasteiger partial charge in [0.05, 0.1) is 31.0 Å². The number of nitrogens with zero attached hydrogens (tertiary/aromatic N) is 1. The lowest BCUT2D eigenvalue weighted by atomic mass is 10.0. The highest BCUT2D eigenvalue weighted by Gasteiger charge is 2.31. The maximum absolute atomic E-state index is 12.5. The number of rotatable bonds is 4. The number of anilines is 1. The topological polar surface area (TPSA) is 93.1 Å². The van der Waals surface area contributed by atoms with Crippen molar-refractivity contribution in [1.29, 1.82) is 0 Å². The summed E-state index contributed by atoms with van der Waals surface area (Å²) in [6, 6.07) is 1.78. The number of hydrogen-bond donors (Lipinski definition) is 1. The molecule has 1 aromatic carbocycles. The molecule has 1 aliphatic rings. The van der Waals surface area contributed by atoms with Gasteiger partial charge in [0.25, 0.3) is 0 Å². The largest absolute Gasteiger partial charge is 0.478 e. The molecule has 1 N–H and O–H groups in total. The molecular formula is C19H18BrNO6. The molecule has 8 heteroatoms. The monoisotopic (exact) mass is 435 g/mol. The molecule has 2 rings (SSSR count). The Kier molecular flexibility index (Phi) is 6.22. The number of benzene rings is 1. The minimum Gasteiger partial charge on any atom is -0.478 e. The van der Waals surface area contributed by atoms with E-state index in [1.54, 1.807) is 32.1 Å². The molecule has 0 saturated carbocycles. The van der Waals surface area contributed by atoms with Crippen LogP contribution in [0.4, 0.5) is 5.69 Å². The van der Waals surface area contributed by atoms with Gasteiger partial charge in [-0.3, -0.25) is 0 Å². The van der Waals surface area contributed by atoms with E-state index in [1.165, 1.54) is 31.4 Å². The molecule has 0 saturated heterocycles. The molecule has 0 amide bonds. The van der Waals surface area contributed by atoms with Crippen molar-refractivity contribution >= 4 is 39.5 Å². The Morgan fingerprint density at radius 1 is 1.04 bits per heavy atom. The van der Waals surface area contributed by atoms with Crippen LogP contribution in [0.1, 0.15) is 21.5 Å². The molecule has 0 unspecified atom stereocenters. The Bertz CT molecular complexity index is 913. The predicted molar refractivity (Wildman–Crippen MR) is 102 cm³/mol. The van der Waals surface area contributed by atoms with Crippen molar-refractivity contribution in [1.82, 2.24) is 0 Å². The first-order valence-corrected chi connectivity index (χ1v) is 8.61. The lowest BCUT2D eigenvalue weighted by Gasteiger charge is -2.27. The van der Waals surface area contributed by atoms with Crippen molar-refractivity contribution in [2.45, 2.75) is 13.8 Å². The fourth-order valence-corrected chi connectivity index (χ4v) is 3.27. The van der Waals surface area contributed by atoms with Crippen LogP contribution >= 0.6 is 15.9 Å². The SMILES string of the molecule is COC(=O)C1=C(C(=O)OC)N(c2c(C)cc(C)c(Br)c2C(=O)O)C=CC=C1. The van der Waals surface area contributed by atoms with Crippen molar-refractivity contribution in [3.8, 4) is 0 Å². The number of ether oxygens (including phenoxy) is 2. The van der Waals surface area contributed by atoms with Gasteiger partial charge in [-0.1, -0.05) is 12.1 Å². The number of hydrogen-bond acceptors (Lipinski definition) is 6. The van der Waals surface area contributed by atoms with Crippen LogP contribution in [0.3, 0.4) is 0 Å². The van der Waals surface area contributed by atoms with E-state index in [9.17, 15) is 19.5 Å². The average Bonchev–Trinajstić information content (AvgIpc) is 2.85. The smallest absolute Gasteiger partial charge is 0.355 e. The number of esters is 2. The molecular weight excluding hydrogens is 418 g/mol. The number of halogens is 1. The lowest BCUT2D eigenvalue weighted by molar-refractivity contribution is -0.139. The minimum atomic E-state index is -1.18. The summed E-state index contributed by atoms with van der Waals surface area (Å²) in [5, 5.41) is 9.78. The van der Waals surface area contributed by atoms with Gasteiger partial charge < -0.3 is 19.5 Å². The van der Waals surface area contributed by atoms with E-state index in [1.807, 2.05) is 0 Å². The Morgan fingerprint density at radius 2 is 1.67 bits per heavy atom. The predicted octanol–water partition coefficient (Wildman–Crippen LogP) is 3.25. The number of carbonyl (C=O) groups excluding carboxylic acids is 2. The maximum atomic E-state index is 12.5. The van der Waals surface area contributed by atoms with Gasteiger partial charge in [0, 0.05) is 10.7 Å². The molecule has 1 heterocycles. The summed E-state index contributed by atoms with van der Waals surface area (Å²) in [6.45, 7) is 3.49. The first-order chi connectivity index (χ1) is 12.7. The summed E-state index contributed by atoms with van der Waals surface area (Å²) in [5.74, 6) is -2.74. The number of carboxylic acids is 1. The molecule has 0 radical (unpaired) electrons. The number of carboxylic acid groups (broad SMARTS) is 1. The van der Waals surface area contributed by atoms with E-state index in [0.29, 0.717) is 10.0 Å². The number of aryl methyl sites for hydroxylation is 2. The summed E-state index contributed by atoms with van der Waals surface area (Å²) in [6.07, 6.45) is 6.04. The average molecular weight is 436 g/mol. The second kappa shape index (κ2) is 8.22. The first-order valence-electron chi connectivity index (χ1n) is 7.82. The Balaban J connectivity index is 2.91. The quantitative estimate of drug-likeness (QED) is 0.725. The van der Waals surface area contributed by atoms with Crippen molar-refractivity contribution in [2.24, 2.45) is 0 Å². The van der Waals surface area contributed by atoms with Crippen LogP contribution in [0.15, 0.2) is 46.2 Å². The van der Waals surface area contributed by atoms with Crippen LogP contribution in [0.5, 0.6) is 0 Å². The van der Waals surface area contributed by atoms with E-state index in [-0.39, 0.29) is 22.5 Å². The van der Waals surface area contributed by atoms with Crippen molar-refractivity contribution < 1.29 is 29.0 Å². The van der Waals surface area contributed by atoms with Crippen molar-refractivity contribution in [3.05, 3.63) is 62.9 Å². The van der Waals surface area contributed by atoms with Gasteiger partial charge in [-0.15, -0.1) is 0 Å². The number of carbonyl (C=O) groups is 3. The molecule has 0 aromatic heterocycles. The highest BCUT2D eigenvalue weighted by atomic mass is 79.9. The molecule has 142 valence electrons. The zero-order chi connectivity index (χ0) is 20.3. The van der Waals surface area contributed by atoms with E-state index in [4.69, 9.17) is 9.47 Å². The summed E-state index contributed by atoms with van der Waals surface area (Å²) >= 11 is 3.31. The molecule has 0 bridgehead atoms. The third kappa shape index (κ3) is 3.80. The molecule has 0 aliphatic carbocycles. The van der Waals surface area contributed by atoms with Crippen LogP contribution in [-0.2, 0) is 19.1 Å². The Hall–Kier alpha value is -2.87. The van der Waals surface area contributed by atoms with Crippen LogP contribution < -0.4 is 4.90 Å². The number of allylic oxidation sites excluding steroid dienone is 2. The van der Waals surface area contributed by atoms with Gasteiger partial charge >= 0.3 is 17.9 Å². The third-order valence-electron chi connectivity index (χ3n) is 3.95. The van der Waals surface area contributed by atoms with E-state index >= 15 is 0 Å². The second-order valence-electron chi connectivity index (χ2n) is 5.67. The van der Waals surface area contributed by atoms with Crippen LogP contribution in [0.25, 0.3) is 0 Å².